The SMILES string of the molecule is NOCC(=O)NNC(=O)CCCO[C@H]1O[C@H](CO)[C@@H](O)[C@H](O)[C@@H]1O[C@H]1O[C@H](CO)[C@@H](O)[C@H](O)[C@@H]1O. The van der Waals surface area contributed by atoms with Crippen molar-refractivity contribution in [2.45, 2.75) is 74.3 Å². The molecule has 0 unspecified atom stereocenters. The molecule has 11 N–H and O–H groups in total. The predicted molar refractivity (Wildman–Crippen MR) is 108 cm³/mol. The Kier molecular flexibility index (Phi) is 12.1. The maximum atomic E-state index is 11.8. The topological polar surface area (TPSA) is 272 Å². The van der Waals surface area contributed by atoms with Crippen LogP contribution in [-0.4, -0.2) is 135 Å². The molecule has 17 heteroatoms. The molecule has 2 aliphatic rings. The summed E-state index contributed by atoms with van der Waals surface area (Å²) in [6.07, 6.45) is -15.7. The fourth-order valence-corrected chi connectivity index (χ4v) is 3.42. The molecule has 0 aromatic rings. The first-order valence-corrected chi connectivity index (χ1v) is 10.7. The summed E-state index contributed by atoms with van der Waals surface area (Å²) in [6, 6.07) is 0. The van der Waals surface area contributed by atoms with Crippen molar-refractivity contribution < 1.29 is 69.1 Å². The highest BCUT2D eigenvalue weighted by Crippen LogP contribution is 2.29. The maximum absolute atomic E-state index is 11.8. The monoisotopic (exact) mass is 515 g/mol. The zero-order valence-corrected chi connectivity index (χ0v) is 18.6. The zero-order valence-electron chi connectivity index (χ0n) is 18.6. The van der Waals surface area contributed by atoms with E-state index < -0.39 is 93.0 Å². The van der Waals surface area contributed by atoms with Crippen molar-refractivity contribution in [2.75, 3.05) is 26.4 Å². The number of nitrogens with two attached hydrogens (primary N) is 1. The Morgan fingerprint density at radius 3 is 1.97 bits per heavy atom. The van der Waals surface area contributed by atoms with E-state index in [4.69, 9.17) is 24.8 Å². The zero-order chi connectivity index (χ0) is 26.1. The van der Waals surface area contributed by atoms with Crippen LogP contribution in [0.25, 0.3) is 0 Å². The van der Waals surface area contributed by atoms with Gasteiger partial charge in [-0.2, -0.15) is 0 Å². The first-order valence-electron chi connectivity index (χ1n) is 10.7. The van der Waals surface area contributed by atoms with Gasteiger partial charge in [0.15, 0.2) is 12.6 Å². The highest BCUT2D eigenvalue weighted by molar-refractivity contribution is 5.82. The largest absolute Gasteiger partial charge is 0.394 e. The molecule has 0 radical (unpaired) electrons. The second-order valence-electron chi connectivity index (χ2n) is 7.89. The molecule has 17 nitrogen and oxygen atoms in total. The summed E-state index contributed by atoms with van der Waals surface area (Å²) < 4.78 is 21.7. The third-order valence-electron chi connectivity index (χ3n) is 5.35. The van der Waals surface area contributed by atoms with Gasteiger partial charge in [0, 0.05) is 6.42 Å². The molecule has 2 aliphatic heterocycles. The van der Waals surface area contributed by atoms with E-state index in [9.17, 15) is 45.3 Å². The van der Waals surface area contributed by atoms with Crippen molar-refractivity contribution in [3.8, 4) is 0 Å². The number of rotatable bonds is 11. The van der Waals surface area contributed by atoms with E-state index in [-0.39, 0.29) is 19.4 Å². The lowest BCUT2D eigenvalue weighted by Gasteiger charge is -2.45. The minimum Gasteiger partial charge on any atom is -0.394 e. The molecule has 10 atom stereocenters. The Balaban J connectivity index is 1.96. The lowest BCUT2D eigenvalue weighted by atomic mass is 9.97. The Morgan fingerprint density at radius 2 is 1.37 bits per heavy atom. The molecule has 204 valence electrons. The normalized spacial score (nSPS) is 37.6. The van der Waals surface area contributed by atoms with Crippen LogP contribution in [0.3, 0.4) is 0 Å². The number of carbonyl (C=O) groups excluding carboxylic acids is 2. The van der Waals surface area contributed by atoms with Crippen LogP contribution in [-0.2, 0) is 33.4 Å². The molecule has 0 aliphatic carbocycles. The Bertz CT molecular complexity index is 672. The van der Waals surface area contributed by atoms with Gasteiger partial charge in [0.2, 0.25) is 5.91 Å². The Morgan fingerprint density at radius 1 is 0.800 bits per heavy atom. The van der Waals surface area contributed by atoms with Gasteiger partial charge in [-0.05, 0) is 6.42 Å². The molecule has 0 aromatic carbocycles. The quantitative estimate of drug-likeness (QED) is 0.0904. The van der Waals surface area contributed by atoms with E-state index in [1.165, 1.54) is 0 Å². The lowest BCUT2D eigenvalue weighted by Crippen LogP contribution is -2.64. The maximum Gasteiger partial charge on any atom is 0.266 e. The van der Waals surface area contributed by atoms with Gasteiger partial charge in [0.05, 0.1) is 19.8 Å². The lowest BCUT2D eigenvalue weighted by molar-refractivity contribution is -0.367. The molecule has 2 fully saturated rings. The fourth-order valence-electron chi connectivity index (χ4n) is 3.42. The van der Waals surface area contributed by atoms with Crippen LogP contribution in [0.1, 0.15) is 12.8 Å². The summed E-state index contributed by atoms with van der Waals surface area (Å²) in [5, 5.41) is 69.5. The van der Waals surface area contributed by atoms with Gasteiger partial charge in [-0.1, -0.05) is 0 Å². The number of nitrogens with one attached hydrogen (secondary N) is 2. The Labute approximate surface area is 199 Å². The van der Waals surface area contributed by atoms with Crippen molar-refractivity contribution in [1.29, 1.82) is 0 Å². The summed E-state index contributed by atoms with van der Waals surface area (Å²) in [4.78, 5) is 27.0. The molecular formula is C18H33N3O14. The second kappa shape index (κ2) is 14.2. The fraction of sp³-hybridized carbons (Fsp3) is 0.889. The van der Waals surface area contributed by atoms with Gasteiger partial charge in [0.25, 0.3) is 5.91 Å². The molecule has 2 amide bonds. The van der Waals surface area contributed by atoms with Crippen molar-refractivity contribution >= 4 is 11.8 Å². The molecule has 0 spiro atoms. The molecule has 0 aromatic heterocycles. The number of ether oxygens (including phenoxy) is 4. The van der Waals surface area contributed by atoms with Crippen LogP contribution in [0.2, 0.25) is 0 Å². The highest BCUT2D eigenvalue weighted by Gasteiger charge is 2.50. The number of hydrogen-bond donors (Lipinski definition) is 10. The molecule has 35 heavy (non-hydrogen) atoms. The third kappa shape index (κ3) is 7.95. The summed E-state index contributed by atoms with van der Waals surface area (Å²) in [7, 11) is 0. The number of carbonyl (C=O) groups is 2. The average molecular weight is 515 g/mol. The van der Waals surface area contributed by atoms with E-state index in [1.807, 2.05) is 0 Å². The first kappa shape index (κ1) is 29.6. The van der Waals surface area contributed by atoms with Crippen molar-refractivity contribution in [3.05, 3.63) is 0 Å². The Hall–Kier alpha value is -1.58. The van der Waals surface area contributed by atoms with Crippen LogP contribution in [0.5, 0.6) is 0 Å². The molecule has 2 saturated heterocycles. The molecule has 0 bridgehead atoms. The van der Waals surface area contributed by atoms with Crippen molar-refractivity contribution in [1.82, 2.24) is 10.9 Å². The summed E-state index contributed by atoms with van der Waals surface area (Å²) in [6.45, 7) is -2.00. The number of hydrogen-bond acceptors (Lipinski definition) is 15. The summed E-state index contributed by atoms with van der Waals surface area (Å²) in [5.41, 5.74) is 4.18. The highest BCUT2D eigenvalue weighted by atomic mass is 16.8. The van der Waals surface area contributed by atoms with Gasteiger partial charge in [-0.3, -0.25) is 25.3 Å². The van der Waals surface area contributed by atoms with Crippen LogP contribution in [0, 0.1) is 0 Å². The smallest absolute Gasteiger partial charge is 0.266 e. The number of aliphatic hydroxyl groups excluding tert-OH is 7. The van der Waals surface area contributed by atoms with Gasteiger partial charge >= 0.3 is 0 Å². The molecule has 2 rings (SSSR count). The predicted octanol–water partition coefficient (Wildman–Crippen LogP) is -6.55. The standard InChI is InChI=1S/C18H33N3O14/c19-32-6-10(25)21-20-9(24)2-1-3-31-18-16(14(29)12(27)8(5-23)34-18)35-17-15(30)13(28)11(26)7(4-22)33-17/h7-8,11-18,22-23,26-30H,1-6,19H2,(H,20,24)(H,21,25)/t7-,8-,11-,12-,13+,14+,15+,16+,17-,18+/m1/s1. The van der Waals surface area contributed by atoms with E-state index in [0.717, 1.165) is 0 Å². The van der Waals surface area contributed by atoms with Gasteiger partial charge in [-0.25, -0.2) is 5.90 Å². The first-order chi connectivity index (χ1) is 16.6. The minimum atomic E-state index is -1.79. The molecule has 2 heterocycles. The number of aliphatic hydroxyl groups is 7. The van der Waals surface area contributed by atoms with Gasteiger partial charge in [0.1, 0.15) is 55.4 Å². The number of hydrazine groups is 1. The second-order valence-corrected chi connectivity index (χ2v) is 7.89. The van der Waals surface area contributed by atoms with E-state index in [2.05, 4.69) is 15.7 Å². The van der Waals surface area contributed by atoms with E-state index >= 15 is 0 Å². The van der Waals surface area contributed by atoms with Crippen LogP contribution < -0.4 is 16.7 Å². The van der Waals surface area contributed by atoms with Crippen LogP contribution in [0.15, 0.2) is 0 Å². The van der Waals surface area contributed by atoms with Gasteiger partial charge < -0.3 is 54.7 Å². The summed E-state index contributed by atoms with van der Waals surface area (Å²) >= 11 is 0. The van der Waals surface area contributed by atoms with E-state index in [0.29, 0.717) is 0 Å². The van der Waals surface area contributed by atoms with Gasteiger partial charge in [-0.15, -0.1) is 0 Å². The molecule has 0 saturated carbocycles. The van der Waals surface area contributed by atoms with Crippen LogP contribution in [0.4, 0.5) is 0 Å². The minimum absolute atomic E-state index is 0.101. The van der Waals surface area contributed by atoms with Crippen molar-refractivity contribution in [3.63, 3.8) is 0 Å². The van der Waals surface area contributed by atoms with Crippen molar-refractivity contribution in [2.24, 2.45) is 5.90 Å². The third-order valence-corrected chi connectivity index (χ3v) is 5.35. The van der Waals surface area contributed by atoms with E-state index in [1.54, 1.807) is 0 Å². The molecular weight excluding hydrogens is 482 g/mol. The number of amides is 2. The van der Waals surface area contributed by atoms with Crippen LogP contribution >= 0.6 is 0 Å². The average Bonchev–Trinajstić information content (AvgIpc) is 2.84. The summed E-state index contributed by atoms with van der Waals surface area (Å²) in [5.74, 6) is 3.48.